The molecular formula is C10H11BrN4. The first-order valence-corrected chi connectivity index (χ1v) is 5.78. The van der Waals surface area contributed by atoms with Crippen LogP contribution >= 0.6 is 15.9 Å². The molecule has 0 spiro atoms. The van der Waals surface area contributed by atoms with Crippen LogP contribution in [0.4, 0.5) is 0 Å². The van der Waals surface area contributed by atoms with E-state index in [1.54, 1.807) is 0 Å². The number of imidazole rings is 1. The fourth-order valence-corrected chi connectivity index (χ4v) is 2.27. The van der Waals surface area contributed by atoms with E-state index in [0.29, 0.717) is 0 Å². The van der Waals surface area contributed by atoms with Crippen LogP contribution in [0.15, 0.2) is 10.8 Å². The molecule has 2 aromatic rings. The molecule has 15 heavy (non-hydrogen) atoms. The molecule has 0 radical (unpaired) electrons. The topological polar surface area (TPSA) is 42.2 Å². The minimum atomic E-state index is 0.792. The third-order valence-corrected chi connectivity index (χ3v) is 3.69. The maximum atomic E-state index is 4.58. The standard InChI is InChI=1S/C10H11BrN4/c1-6-9(11)15-5-7-4-12-3-2-8(7)14-10(15)13-6/h5,12H,2-4H2,1H3. The maximum absolute atomic E-state index is 4.58. The predicted octanol–water partition coefficient (Wildman–Crippen LogP) is 1.45. The zero-order valence-corrected chi connectivity index (χ0v) is 10.0. The number of hydrogen-bond acceptors (Lipinski definition) is 3. The highest BCUT2D eigenvalue weighted by atomic mass is 79.9. The molecule has 1 aliphatic rings. The lowest BCUT2D eigenvalue weighted by Crippen LogP contribution is -2.25. The van der Waals surface area contributed by atoms with E-state index in [9.17, 15) is 0 Å². The summed E-state index contributed by atoms with van der Waals surface area (Å²) in [6.45, 7) is 3.90. The van der Waals surface area contributed by atoms with E-state index in [-0.39, 0.29) is 0 Å². The first-order chi connectivity index (χ1) is 7.25. The highest BCUT2D eigenvalue weighted by molar-refractivity contribution is 9.10. The smallest absolute Gasteiger partial charge is 0.235 e. The van der Waals surface area contributed by atoms with Crippen molar-refractivity contribution in [2.24, 2.45) is 0 Å². The molecule has 0 unspecified atom stereocenters. The van der Waals surface area contributed by atoms with E-state index >= 15 is 0 Å². The van der Waals surface area contributed by atoms with Gasteiger partial charge in [-0.15, -0.1) is 0 Å². The molecular weight excluding hydrogens is 256 g/mol. The van der Waals surface area contributed by atoms with Gasteiger partial charge >= 0.3 is 0 Å². The zero-order valence-electron chi connectivity index (χ0n) is 8.42. The van der Waals surface area contributed by atoms with Crippen LogP contribution in [0.1, 0.15) is 17.0 Å². The Kier molecular flexibility index (Phi) is 2.03. The molecule has 1 N–H and O–H groups in total. The van der Waals surface area contributed by atoms with Gasteiger partial charge in [0.15, 0.2) is 0 Å². The number of rotatable bonds is 0. The van der Waals surface area contributed by atoms with Crippen molar-refractivity contribution in [3.05, 3.63) is 27.8 Å². The second-order valence-corrected chi connectivity index (χ2v) is 4.55. The van der Waals surface area contributed by atoms with Crippen molar-refractivity contribution in [1.82, 2.24) is 19.7 Å². The van der Waals surface area contributed by atoms with Crippen LogP contribution in [-0.2, 0) is 13.0 Å². The van der Waals surface area contributed by atoms with Crippen molar-refractivity contribution in [1.29, 1.82) is 0 Å². The summed E-state index contributed by atoms with van der Waals surface area (Å²) in [6, 6.07) is 0. The number of fused-ring (bicyclic) bond motifs is 2. The summed E-state index contributed by atoms with van der Waals surface area (Å²) in [5, 5.41) is 3.34. The highest BCUT2D eigenvalue weighted by Gasteiger charge is 2.14. The monoisotopic (exact) mass is 266 g/mol. The molecule has 4 nitrogen and oxygen atoms in total. The van der Waals surface area contributed by atoms with Gasteiger partial charge in [0.05, 0.1) is 11.4 Å². The SMILES string of the molecule is Cc1nc2nc3c(cn2c1Br)CNCC3. The summed E-state index contributed by atoms with van der Waals surface area (Å²) in [5.41, 5.74) is 3.43. The van der Waals surface area contributed by atoms with Crippen LogP contribution in [-0.4, -0.2) is 20.9 Å². The van der Waals surface area contributed by atoms with E-state index in [0.717, 1.165) is 35.6 Å². The molecule has 5 heteroatoms. The molecule has 2 aromatic heterocycles. The first-order valence-electron chi connectivity index (χ1n) is 4.99. The van der Waals surface area contributed by atoms with Gasteiger partial charge in [-0.2, -0.15) is 0 Å². The Morgan fingerprint density at radius 3 is 3.20 bits per heavy atom. The van der Waals surface area contributed by atoms with E-state index in [1.165, 1.54) is 11.3 Å². The van der Waals surface area contributed by atoms with Gasteiger partial charge in [-0.3, -0.25) is 4.40 Å². The molecule has 0 saturated carbocycles. The van der Waals surface area contributed by atoms with E-state index in [4.69, 9.17) is 0 Å². The van der Waals surface area contributed by atoms with Gasteiger partial charge < -0.3 is 5.32 Å². The summed E-state index contributed by atoms with van der Waals surface area (Å²) in [5.74, 6) is 0.792. The minimum Gasteiger partial charge on any atom is -0.312 e. The normalized spacial score (nSPS) is 15.6. The zero-order chi connectivity index (χ0) is 10.4. The van der Waals surface area contributed by atoms with Crippen LogP contribution < -0.4 is 5.32 Å². The molecule has 0 amide bonds. The van der Waals surface area contributed by atoms with Gasteiger partial charge in [-0.25, -0.2) is 9.97 Å². The Balaban J connectivity index is 2.30. The van der Waals surface area contributed by atoms with Crippen molar-refractivity contribution in [2.75, 3.05) is 6.54 Å². The Labute approximate surface area is 95.9 Å². The van der Waals surface area contributed by atoms with Gasteiger partial charge in [0, 0.05) is 31.3 Å². The lowest BCUT2D eigenvalue weighted by Gasteiger charge is -2.15. The quantitative estimate of drug-likeness (QED) is 0.785. The van der Waals surface area contributed by atoms with Crippen LogP contribution in [0, 0.1) is 6.92 Å². The van der Waals surface area contributed by atoms with Gasteiger partial charge in [-0.1, -0.05) is 0 Å². The van der Waals surface area contributed by atoms with Gasteiger partial charge in [0.25, 0.3) is 0 Å². The van der Waals surface area contributed by atoms with Crippen molar-refractivity contribution in [2.45, 2.75) is 19.9 Å². The molecule has 78 valence electrons. The van der Waals surface area contributed by atoms with E-state index in [1.807, 2.05) is 11.3 Å². The number of halogens is 1. The third-order valence-electron chi connectivity index (χ3n) is 2.74. The van der Waals surface area contributed by atoms with Crippen LogP contribution in [0.3, 0.4) is 0 Å². The number of hydrogen-bond donors (Lipinski definition) is 1. The van der Waals surface area contributed by atoms with Gasteiger partial charge in [0.2, 0.25) is 5.78 Å². The average Bonchev–Trinajstić information content (AvgIpc) is 2.52. The minimum absolute atomic E-state index is 0.792. The molecule has 1 aliphatic heterocycles. The fraction of sp³-hybridized carbons (Fsp3) is 0.400. The van der Waals surface area contributed by atoms with Crippen molar-refractivity contribution >= 4 is 21.7 Å². The predicted molar refractivity (Wildman–Crippen MR) is 60.8 cm³/mol. The van der Waals surface area contributed by atoms with Crippen molar-refractivity contribution < 1.29 is 0 Å². The number of aryl methyl sites for hydroxylation is 1. The van der Waals surface area contributed by atoms with Crippen LogP contribution in [0.5, 0.6) is 0 Å². The maximum Gasteiger partial charge on any atom is 0.235 e. The average molecular weight is 267 g/mol. The van der Waals surface area contributed by atoms with Crippen LogP contribution in [0.25, 0.3) is 5.78 Å². The Bertz CT molecular complexity index is 532. The number of aromatic nitrogens is 3. The van der Waals surface area contributed by atoms with Crippen molar-refractivity contribution in [3.8, 4) is 0 Å². The molecule has 0 bridgehead atoms. The number of nitrogens with one attached hydrogen (secondary N) is 1. The van der Waals surface area contributed by atoms with Crippen LogP contribution in [0.2, 0.25) is 0 Å². The molecule has 0 aromatic carbocycles. The van der Waals surface area contributed by atoms with E-state index < -0.39 is 0 Å². The summed E-state index contributed by atoms with van der Waals surface area (Å²) < 4.78 is 3.00. The second-order valence-electron chi connectivity index (χ2n) is 3.80. The van der Waals surface area contributed by atoms with Crippen molar-refractivity contribution in [3.63, 3.8) is 0 Å². The summed E-state index contributed by atoms with van der Waals surface area (Å²) in [6.07, 6.45) is 3.11. The Morgan fingerprint density at radius 1 is 1.47 bits per heavy atom. The lowest BCUT2D eigenvalue weighted by molar-refractivity contribution is 0.626. The third kappa shape index (κ3) is 1.38. The lowest BCUT2D eigenvalue weighted by atomic mass is 10.1. The molecule has 3 rings (SSSR count). The summed E-state index contributed by atoms with van der Waals surface area (Å²) in [4.78, 5) is 8.98. The molecule has 0 saturated heterocycles. The van der Waals surface area contributed by atoms with E-state index in [2.05, 4.69) is 37.4 Å². The van der Waals surface area contributed by atoms with Gasteiger partial charge in [0.1, 0.15) is 4.60 Å². The first kappa shape index (κ1) is 9.30. The molecule has 3 heterocycles. The molecule has 0 atom stereocenters. The summed E-state index contributed by atoms with van der Waals surface area (Å²) in [7, 11) is 0. The summed E-state index contributed by atoms with van der Waals surface area (Å²) >= 11 is 3.52. The Morgan fingerprint density at radius 2 is 2.33 bits per heavy atom. The Hall–Kier alpha value is -0.940. The second kappa shape index (κ2) is 3.28. The largest absolute Gasteiger partial charge is 0.312 e. The molecule has 0 fully saturated rings. The fourth-order valence-electron chi connectivity index (χ4n) is 1.92. The molecule has 0 aliphatic carbocycles. The highest BCUT2D eigenvalue weighted by Crippen LogP contribution is 2.20. The number of nitrogens with zero attached hydrogens (tertiary/aromatic N) is 3. The van der Waals surface area contributed by atoms with Gasteiger partial charge in [-0.05, 0) is 22.9 Å².